The minimum absolute atomic E-state index is 0. The van der Waals surface area contributed by atoms with E-state index in [9.17, 15) is 4.79 Å². The highest BCUT2D eigenvalue weighted by Crippen LogP contribution is 2.34. The summed E-state index contributed by atoms with van der Waals surface area (Å²) in [5, 5.41) is 1.08. The van der Waals surface area contributed by atoms with Crippen molar-refractivity contribution >= 4 is 47.6 Å². The van der Waals surface area contributed by atoms with Crippen molar-refractivity contribution in [2.24, 2.45) is 0 Å². The van der Waals surface area contributed by atoms with E-state index in [4.69, 9.17) is 42.1 Å². The van der Waals surface area contributed by atoms with Gasteiger partial charge in [0.2, 0.25) is 11.8 Å². The van der Waals surface area contributed by atoms with Crippen LogP contribution in [0.2, 0.25) is 10.0 Å². The maximum atomic E-state index is 13.1. The third-order valence-corrected chi connectivity index (χ3v) is 9.40. The molecule has 1 saturated heterocycles. The molecule has 1 aliphatic heterocycles. The Balaban J connectivity index is 0.00000541. The van der Waals surface area contributed by atoms with Crippen LogP contribution in [0.25, 0.3) is 6.08 Å². The van der Waals surface area contributed by atoms with Gasteiger partial charge < -0.3 is 23.8 Å². The first kappa shape index (κ1) is 39.5. The molecule has 0 aliphatic carbocycles. The predicted octanol–water partition coefficient (Wildman–Crippen LogP) is 9.48. The molecule has 276 valence electrons. The summed E-state index contributed by atoms with van der Waals surface area (Å²) in [6.45, 7) is 6.66. The molecule has 5 aromatic rings. The molecule has 0 atom stereocenters. The van der Waals surface area contributed by atoms with Crippen molar-refractivity contribution in [2.75, 3.05) is 39.9 Å². The minimum atomic E-state index is -0.0182. The van der Waals surface area contributed by atoms with Crippen molar-refractivity contribution in [2.45, 2.75) is 26.5 Å². The van der Waals surface area contributed by atoms with Gasteiger partial charge in [-0.2, -0.15) is 0 Å². The number of pyridine rings is 1. The molecule has 0 radical (unpaired) electrons. The van der Waals surface area contributed by atoms with Crippen LogP contribution in [0.3, 0.4) is 0 Å². The van der Waals surface area contributed by atoms with Crippen molar-refractivity contribution < 1.29 is 23.7 Å². The lowest BCUT2D eigenvalue weighted by molar-refractivity contribution is -0.127. The van der Waals surface area contributed by atoms with Crippen molar-refractivity contribution in [3.05, 3.63) is 147 Å². The molecule has 0 spiro atoms. The quantitative estimate of drug-likeness (QED) is 0.104. The van der Waals surface area contributed by atoms with Gasteiger partial charge in [0.25, 0.3) is 0 Å². The predicted molar refractivity (Wildman–Crippen MR) is 213 cm³/mol. The second-order valence-electron chi connectivity index (χ2n) is 12.5. The molecule has 1 aromatic heterocycles. The van der Waals surface area contributed by atoms with E-state index in [-0.39, 0.29) is 18.3 Å². The summed E-state index contributed by atoms with van der Waals surface area (Å²) in [4.78, 5) is 21.7. The van der Waals surface area contributed by atoms with Gasteiger partial charge in [-0.25, -0.2) is 4.98 Å². The number of aromatic nitrogens is 1. The van der Waals surface area contributed by atoms with Crippen LogP contribution >= 0.6 is 35.6 Å². The average Bonchev–Trinajstić information content (AvgIpc) is 3.16. The number of aryl methyl sites for hydroxylation is 1. The fourth-order valence-corrected chi connectivity index (χ4v) is 6.33. The van der Waals surface area contributed by atoms with Gasteiger partial charge in [0, 0.05) is 67.9 Å². The van der Waals surface area contributed by atoms with Gasteiger partial charge in [-0.1, -0.05) is 71.7 Å². The number of nitrogens with zero attached hydrogens (tertiary/aromatic N) is 3. The molecule has 1 aliphatic rings. The van der Waals surface area contributed by atoms with E-state index in [0.29, 0.717) is 53.7 Å². The largest absolute Gasteiger partial charge is 0.497 e. The number of carbonyl (C=O) groups is 1. The molecule has 53 heavy (non-hydrogen) atoms. The third-order valence-electron chi connectivity index (χ3n) is 8.75. The molecule has 11 heteroatoms. The molecule has 6 rings (SSSR count). The number of piperazine rings is 1. The van der Waals surface area contributed by atoms with E-state index in [1.54, 1.807) is 43.7 Å². The van der Waals surface area contributed by atoms with Crippen LogP contribution in [0.5, 0.6) is 28.9 Å². The zero-order valence-electron chi connectivity index (χ0n) is 29.7. The Morgan fingerprint density at radius 2 is 1.57 bits per heavy atom. The van der Waals surface area contributed by atoms with Crippen LogP contribution in [0.4, 0.5) is 0 Å². The van der Waals surface area contributed by atoms with E-state index >= 15 is 0 Å². The number of halogens is 3. The Kier molecular flexibility index (Phi) is 14.4. The van der Waals surface area contributed by atoms with Crippen LogP contribution in [0, 0.1) is 6.92 Å². The summed E-state index contributed by atoms with van der Waals surface area (Å²) in [5.41, 5.74) is 5.01. The number of hydrogen-bond acceptors (Lipinski definition) is 7. The topological polar surface area (TPSA) is 73.4 Å². The Bertz CT molecular complexity index is 1960. The fraction of sp³-hybridized carbons (Fsp3) is 0.238. The van der Waals surface area contributed by atoms with Crippen LogP contribution in [0.1, 0.15) is 27.8 Å². The third kappa shape index (κ3) is 11.4. The normalized spacial score (nSPS) is 13.0. The second-order valence-corrected chi connectivity index (χ2v) is 13.3. The molecule has 0 bridgehead atoms. The molecule has 8 nitrogen and oxygen atoms in total. The zero-order valence-corrected chi connectivity index (χ0v) is 32.0. The highest BCUT2D eigenvalue weighted by Gasteiger charge is 2.20. The molecule has 0 saturated carbocycles. The first-order chi connectivity index (χ1) is 25.3. The second kappa shape index (κ2) is 19.4. The Morgan fingerprint density at radius 3 is 2.28 bits per heavy atom. The summed E-state index contributed by atoms with van der Waals surface area (Å²) >= 11 is 12.8. The van der Waals surface area contributed by atoms with Gasteiger partial charge in [0.05, 0.1) is 24.9 Å². The average molecular weight is 775 g/mol. The highest BCUT2D eigenvalue weighted by atomic mass is 35.5. The molecular formula is C42H42Cl3N3O5. The summed E-state index contributed by atoms with van der Waals surface area (Å²) < 4.78 is 23.0. The minimum Gasteiger partial charge on any atom is -0.497 e. The molecule has 0 N–H and O–H groups in total. The van der Waals surface area contributed by atoms with E-state index in [1.165, 1.54) is 11.1 Å². The number of methoxy groups -OCH3 is 1. The van der Waals surface area contributed by atoms with Gasteiger partial charge in [-0.15, -0.1) is 12.4 Å². The van der Waals surface area contributed by atoms with Gasteiger partial charge in [0.1, 0.15) is 23.9 Å². The SMILES string of the molecule is COc1cccc(OCCc2ccc(CN3CCN(C(=O)/C=C/c4cc(C)c(Oc5ccc(OCc6ccccc6Cl)cn5)c(Cl)c4)CC3)cc2)c1.Cl. The fourth-order valence-electron chi connectivity index (χ4n) is 5.82. The summed E-state index contributed by atoms with van der Waals surface area (Å²) in [5.74, 6) is 3.06. The summed E-state index contributed by atoms with van der Waals surface area (Å²) in [6.07, 6.45) is 5.83. The number of carbonyl (C=O) groups excluding carboxylic acids is 1. The number of benzene rings is 4. The Hall–Kier alpha value is -4.73. The van der Waals surface area contributed by atoms with Gasteiger partial charge in [-0.05, 0) is 71.7 Å². The number of hydrogen-bond donors (Lipinski definition) is 0. The maximum Gasteiger partial charge on any atom is 0.246 e. The smallest absolute Gasteiger partial charge is 0.246 e. The number of rotatable bonds is 14. The monoisotopic (exact) mass is 773 g/mol. The number of amides is 1. The first-order valence-corrected chi connectivity index (χ1v) is 17.9. The molecule has 1 fully saturated rings. The highest BCUT2D eigenvalue weighted by molar-refractivity contribution is 6.32. The molecule has 1 amide bonds. The number of ether oxygens (including phenoxy) is 4. The van der Waals surface area contributed by atoms with Crippen LogP contribution in [0.15, 0.2) is 109 Å². The van der Waals surface area contributed by atoms with Crippen LogP contribution in [-0.2, 0) is 24.4 Å². The lowest BCUT2D eigenvalue weighted by atomic mass is 10.1. The van der Waals surface area contributed by atoms with Crippen LogP contribution < -0.4 is 18.9 Å². The van der Waals surface area contributed by atoms with Crippen molar-refractivity contribution in [1.82, 2.24) is 14.8 Å². The van der Waals surface area contributed by atoms with Gasteiger partial charge in [-0.3, -0.25) is 9.69 Å². The van der Waals surface area contributed by atoms with E-state index in [1.807, 2.05) is 66.4 Å². The molecule has 0 unspecified atom stereocenters. The zero-order chi connectivity index (χ0) is 36.3. The van der Waals surface area contributed by atoms with Gasteiger partial charge in [0.15, 0.2) is 5.75 Å². The summed E-state index contributed by atoms with van der Waals surface area (Å²) in [7, 11) is 1.65. The lowest BCUT2D eigenvalue weighted by Crippen LogP contribution is -2.47. The van der Waals surface area contributed by atoms with Gasteiger partial charge >= 0.3 is 0 Å². The van der Waals surface area contributed by atoms with E-state index < -0.39 is 0 Å². The standard InChI is InChI=1S/C42H41Cl2N3O5.ClH/c1-30-24-33(25-39(44)42(30)52-40-16-15-37(27-45-40)51-29-34-6-3-4-9-38(34)43)14-17-41(48)47-21-19-46(20-22-47)28-32-12-10-31(11-13-32)18-23-50-36-8-5-7-35(26-36)49-2;/h3-17,24-27H,18-23,28-29H2,1-2H3;1H/b17-14+;. The van der Waals surface area contributed by atoms with Crippen molar-refractivity contribution in [3.8, 4) is 28.9 Å². The lowest BCUT2D eigenvalue weighted by Gasteiger charge is -2.34. The molecule has 4 aromatic carbocycles. The Morgan fingerprint density at radius 1 is 0.811 bits per heavy atom. The maximum absolute atomic E-state index is 13.1. The first-order valence-electron chi connectivity index (χ1n) is 17.2. The van der Waals surface area contributed by atoms with E-state index in [0.717, 1.165) is 54.2 Å². The Labute approximate surface area is 327 Å². The molecule has 2 heterocycles. The van der Waals surface area contributed by atoms with Crippen molar-refractivity contribution in [1.29, 1.82) is 0 Å². The molecular weight excluding hydrogens is 733 g/mol. The summed E-state index contributed by atoms with van der Waals surface area (Å²) in [6, 6.07) is 31.1. The van der Waals surface area contributed by atoms with Crippen LogP contribution in [-0.4, -0.2) is 60.6 Å². The van der Waals surface area contributed by atoms with E-state index in [2.05, 4.69) is 34.1 Å². The van der Waals surface area contributed by atoms with Crippen molar-refractivity contribution in [3.63, 3.8) is 0 Å².